The third kappa shape index (κ3) is 5.76. The molecule has 1 aromatic heterocycles. The van der Waals surface area contributed by atoms with Gasteiger partial charge in [-0.25, -0.2) is 0 Å². The van der Waals surface area contributed by atoms with Crippen LogP contribution in [-0.4, -0.2) is 22.5 Å². The van der Waals surface area contributed by atoms with Crippen LogP contribution in [0.4, 0.5) is 5.69 Å². The number of hydrogen-bond acceptors (Lipinski definition) is 4. The lowest BCUT2D eigenvalue weighted by atomic mass is 10.0. The molecule has 2 amide bonds. The molecule has 5 nitrogen and oxygen atoms in total. The first kappa shape index (κ1) is 19.3. The quantitative estimate of drug-likeness (QED) is 0.696. The number of anilines is 1. The van der Waals surface area contributed by atoms with E-state index in [1.54, 1.807) is 6.26 Å². The number of nitrogens with zero attached hydrogens (tertiary/aromatic N) is 1. The molecule has 1 aromatic carbocycles. The summed E-state index contributed by atoms with van der Waals surface area (Å²) in [4.78, 5) is 26.9. The fourth-order valence-electron chi connectivity index (χ4n) is 3.04. The fraction of sp³-hybridized carbons (Fsp3) is 0.333. The molecule has 0 unspecified atom stereocenters. The molecule has 1 N–H and O–H groups in total. The summed E-state index contributed by atoms with van der Waals surface area (Å²) in [6.45, 7) is 1.95. The molecular formula is C21H24N2O3S. The summed E-state index contributed by atoms with van der Waals surface area (Å²) in [6.07, 6.45) is 8.07. The van der Waals surface area contributed by atoms with Gasteiger partial charge >= 0.3 is 0 Å². The van der Waals surface area contributed by atoms with Gasteiger partial charge in [0.1, 0.15) is 5.76 Å². The largest absolute Gasteiger partial charge is 0.467 e. The van der Waals surface area contributed by atoms with E-state index in [9.17, 15) is 9.59 Å². The Morgan fingerprint density at radius 3 is 2.63 bits per heavy atom. The first-order valence-corrected chi connectivity index (χ1v) is 10.1. The van der Waals surface area contributed by atoms with Gasteiger partial charge in [-0.15, -0.1) is 11.8 Å². The van der Waals surface area contributed by atoms with E-state index >= 15 is 0 Å². The molecule has 142 valence electrons. The van der Waals surface area contributed by atoms with Crippen LogP contribution in [-0.2, 0) is 16.1 Å². The predicted octanol–water partition coefficient (Wildman–Crippen LogP) is 4.82. The highest BCUT2D eigenvalue weighted by Gasteiger charge is 2.21. The number of furan rings is 1. The van der Waals surface area contributed by atoms with Crippen LogP contribution in [0.25, 0.3) is 0 Å². The van der Waals surface area contributed by atoms with Crippen LogP contribution in [0.3, 0.4) is 0 Å². The van der Waals surface area contributed by atoms with Crippen molar-refractivity contribution in [2.24, 2.45) is 0 Å². The Hall–Kier alpha value is -2.47. The van der Waals surface area contributed by atoms with Crippen molar-refractivity contribution in [3.63, 3.8) is 0 Å². The molecular weight excluding hydrogens is 360 g/mol. The van der Waals surface area contributed by atoms with Crippen LogP contribution in [0, 0.1) is 0 Å². The Morgan fingerprint density at radius 2 is 2.00 bits per heavy atom. The van der Waals surface area contributed by atoms with E-state index < -0.39 is 0 Å². The lowest BCUT2D eigenvalue weighted by Gasteiger charge is -2.27. The summed E-state index contributed by atoms with van der Waals surface area (Å²) in [6, 6.07) is 11.3. The molecule has 0 saturated heterocycles. The highest BCUT2D eigenvalue weighted by atomic mass is 32.2. The van der Waals surface area contributed by atoms with E-state index in [2.05, 4.69) is 11.4 Å². The number of rotatable bonds is 7. The van der Waals surface area contributed by atoms with Gasteiger partial charge in [-0.05, 0) is 62.1 Å². The highest BCUT2D eigenvalue weighted by Crippen LogP contribution is 2.26. The smallest absolute Gasteiger partial charge is 0.237 e. The molecule has 0 aliphatic heterocycles. The van der Waals surface area contributed by atoms with Crippen LogP contribution < -0.4 is 5.32 Å². The second-order valence-corrected chi connectivity index (χ2v) is 7.54. The third-order valence-electron chi connectivity index (χ3n) is 4.35. The Labute approximate surface area is 163 Å². The average Bonchev–Trinajstić information content (AvgIpc) is 3.19. The number of carbonyl (C=O) groups excluding carboxylic acids is 2. The predicted molar refractivity (Wildman–Crippen MR) is 107 cm³/mol. The Morgan fingerprint density at radius 1 is 1.19 bits per heavy atom. The first-order chi connectivity index (χ1) is 13.1. The maximum atomic E-state index is 12.9. The zero-order valence-corrected chi connectivity index (χ0v) is 16.3. The van der Waals surface area contributed by atoms with Crippen molar-refractivity contribution in [2.45, 2.75) is 44.0 Å². The van der Waals surface area contributed by atoms with E-state index in [0.29, 0.717) is 12.3 Å². The molecule has 1 heterocycles. The van der Waals surface area contributed by atoms with E-state index in [1.807, 2.05) is 41.3 Å². The molecule has 1 aliphatic rings. The number of amides is 2. The Balaban J connectivity index is 1.63. The second kappa shape index (κ2) is 9.46. The van der Waals surface area contributed by atoms with Gasteiger partial charge in [-0.1, -0.05) is 6.08 Å². The Kier molecular flexibility index (Phi) is 6.76. The zero-order valence-electron chi connectivity index (χ0n) is 15.4. The number of hydrogen-bond donors (Lipinski definition) is 1. The normalized spacial score (nSPS) is 13.7. The van der Waals surface area contributed by atoms with E-state index in [1.165, 1.54) is 25.1 Å². The van der Waals surface area contributed by atoms with E-state index in [0.717, 1.165) is 41.3 Å². The minimum absolute atomic E-state index is 0.0792. The topological polar surface area (TPSA) is 62.6 Å². The first-order valence-electron chi connectivity index (χ1n) is 9.14. The molecule has 0 saturated carbocycles. The van der Waals surface area contributed by atoms with E-state index in [-0.39, 0.29) is 11.8 Å². The van der Waals surface area contributed by atoms with Gasteiger partial charge in [0.05, 0.1) is 18.6 Å². The van der Waals surface area contributed by atoms with Crippen LogP contribution in [0.1, 0.15) is 38.4 Å². The summed E-state index contributed by atoms with van der Waals surface area (Å²) in [5, 5.41) is 2.74. The van der Waals surface area contributed by atoms with Crippen LogP contribution in [0.5, 0.6) is 0 Å². The maximum absolute atomic E-state index is 12.9. The number of nitrogens with one attached hydrogen (secondary N) is 1. The lowest BCUT2D eigenvalue weighted by Crippen LogP contribution is -2.32. The van der Waals surface area contributed by atoms with Crippen molar-refractivity contribution >= 4 is 29.3 Å². The SMILES string of the molecule is CC(=O)Nc1ccc(SCC(=O)N(Cc2ccco2)C2=CCCCC2)cc1. The van der Waals surface area contributed by atoms with Crippen molar-refractivity contribution in [2.75, 3.05) is 11.1 Å². The average molecular weight is 385 g/mol. The molecule has 27 heavy (non-hydrogen) atoms. The van der Waals surface area contributed by atoms with Gasteiger partial charge in [0.25, 0.3) is 0 Å². The number of allylic oxidation sites excluding steroid dienone is 2. The standard InChI is InChI=1S/C21H24N2O3S/c1-16(24)22-17-9-11-20(12-10-17)27-15-21(25)23(14-19-8-5-13-26-19)18-6-3-2-4-7-18/h5-6,8-13H,2-4,7,14-15H2,1H3,(H,22,24). The summed E-state index contributed by atoms with van der Waals surface area (Å²) in [5.74, 6) is 1.13. The summed E-state index contributed by atoms with van der Waals surface area (Å²) in [5.41, 5.74) is 1.86. The molecule has 1 aliphatic carbocycles. The zero-order chi connectivity index (χ0) is 19.1. The van der Waals surface area contributed by atoms with Crippen molar-refractivity contribution in [1.29, 1.82) is 0 Å². The minimum atomic E-state index is -0.0973. The third-order valence-corrected chi connectivity index (χ3v) is 5.34. The van der Waals surface area contributed by atoms with Crippen molar-refractivity contribution < 1.29 is 14.0 Å². The number of carbonyl (C=O) groups is 2. The van der Waals surface area contributed by atoms with Crippen LogP contribution in [0.15, 0.2) is 63.7 Å². The molecule has 0 atom stereocenters. The lowest BCUT2D eigenvalue weighted by molar-refractivity contribution is -0.127. The number of thioether (sulfide) groups is 1. The van der Waals surface area contributed by atoms with Gasteiger partial charge in [-0.2, -0.15) is 0 Å². The molecule has 2 aromatic rings. The monoisotopic (exact) mass is 384 g/mol. The summed E-state index contributed by atoms with van der Waals surface area (Å²) < 4.78 is 5.45. The highest BCUT2D eigenvalue weighted by molar-refractivity contribution is 8.00. The maximum Gasteiger partial charge on any atom is 0.237 e. The summed E-state index contributed by atoms with van der Waals surface area (Å²) >= 11 is 1.50. The minimum Gasteiger partial charge on any atom is -0.467 e. The molecule has 6 heteroatoms. The summed E-state index contributed by atoms with van der Waals surface area (Å²) in [7, 11) is 0. The van der Waals surface area contributed by atoms with Gasteiger partial charge in [0.2, 0.25) is 11.8 Å². The molecule has 3 rings (SSSR count). The molecule has 0 bridgehead atoms. The fourth-order valence-corrected chi connectivity index (χ4v) is 3.81. The number of benzene rings is 1. The van der Waals surface area contributed by atoms with Gasteiger partial charge < -0.3 is 14.6 Å². The van der Waals surface area contributed by atoms with E-state index in [4.69, 9.17) is 4.42 Å². The van der Waals surface area contributed by atoms with Crippen LogP contribution in [0.2, 0.25) is 0 Å². The van der Waals surface area contributed by atoms with Gasteiger partial charge in [-0.3, -0.25) is 9.59 Å². The van der Waals surface area contributed by atoms with Gasteiger partial charge in [0, 0.05) is 23.2 Å². The van der Waals surface area contributed by atoms with Crippen molar-refractivity contribution in [3.05, 3.63) is 60.2 Å². The van der Waals surface area contributed by atoms with Crippen LogP contribution >= 0.6 is 11.8 Å². The molecule has 0 spiro atoms. The molecule has 0 radical (unpaired) electrons. The van der Waals surface area contributed by atoms with Gasteiger partial charge in [0.15, 0.2) is 0 Å². The Bertz CT molecular complexity index is 797. The van der Waals surface area contributed by atoms with Crippen molar-refractivity contribution in [3.8, 4) is 0 Å². The second-order valence-electron chi connectivity index (χ2n) is 6.49. The van der Waals surface area contributed by atoms with Crippen molar-refractivity contribution in [1.82, 2.24) is 4.90 Å². The molecule has 0 fully saturated rings.